The van der Waals surface area contributed by atoms with Crippen LogP contribution in [0.15, 0.2) is 0 Å². The fourth-order valence-electron chi connectivity index (χ4n) is 2.60. The van der Waals surface area contributed by atoms with Gasteiger partial charge < -0.3 is 15.0 Å². The van der Waals surface area contributed by atoms with Gasteiger partial charge in [0.05, 0.1) is 13.2 Å². The summed E-state index contributed by atoms with van der Waals surface area (Å²) in [5.41, 5.74) is -0.845. The number of imide groups is 1. The lowest BCUT2D eigenvalue weighted by Crippen LogP contribution is -2.48. The molecule has 2 heterocycles. The van der Waals surface area contributed by atoms with Gasteiger partial charge in [-0.25, -0.2) is 4.79 Å². The molecular weight excluding hydrogens is 262 g/mol. The van der Waals surface area contributed by atoms with Crippen molar-refractivity contribution >= 4 is 17.8 Å². The van der Waals surface area contributed by atoms with E-state index in [1.807, 2.05) is 13.8 Å². The van der Waals surface area contributed by atoms with Crippen LogP contribution in [0.25, 0.3) is 0 Å². The molecule has 7 nitrogen and oxygen atoms in total. The number of rotatable bonds is 4. The van der Waals surface area contributed by atoms with Crippen LogP contribution in [0.5, 0.6) is 0 Å². The molecule has 2 fully saturated rings. The van der Waals surface area contributed by atoms with Crippen molar-refractivity contribution in [3.63, 3.8) is 0 Å². The third kappa shape index (κ3) is 2.49. The molecule has 0 bridgehead atoms. The molecular formula is C13H21N3O4. The van der Waals surface area contributed by atoms with Gasteiger partial charge >= 0.3 is 6.03 Å². The molecule has 0 saturated carbocycles. The Morgan fingerprint density at radius 1 is 1.25 bits per heavy atom. The number of urea groups is 1. The number of carbonyl (C=O) groups is 3. The van der Waals surface area contributed by atoms with E-state index < -0.39 is 11.6 Å². The van der Waals surface area contributed by atoms with E-state index in [-0.39, 0.29) is 18.4 Å². The molecule has 2 aliphatic heterocycles. The second-order valence-corrected chi connectivity index (χ2v) is 5.10. The standard InChI is InChI=1S/C13H21N3O4/c1-3-13(4-2)11(18)16(12(19)14-13)9-10(17)15-5-7-20-8-6-15/h3-9H2,1-2H3,(H,14,19). The monoisotopic (exact) mass is 283 g/mol. The maximum atomic E-state index is 12.4. The van der Waals surface area contributed by atoms with Crippen LogP contribution in [-0.2, 0) is 14.3 Å². The third-order valence-electron chi connectivity index (χ3n) is 4.11. The summed E-state index contributed by atoms with van der Waals surface area (Å²) in [6, 6.07) is -0.472. The summed E-state index contributed by atoms with van der Waals surface area (Å²) in [6.07, 6.45) is 1.05. The van der Waals surface area contributed by atoms with E-state index in [9.17, 15) is 14.4 Å². The zero-order valence-corrected chi connectivity index (χ0v) is 12.0. The Morgan fingerprint density at radius 2 is 1.85 bits per heavy atom. The summed E-state index contributed by atoms with van der Waals surface area (Å²) in [7, 11) is 0. The van der Waals surface area contributed by atoms with Crippen LogP contribution < -0.4 is 5.32 Å². The van der Waals surface area contributed by atoms with Crippen LogP contribution in [0.1, 0.15) is 26.7 Å². The molecule has 2 rings (SSSR count). The number of hydrogen-bond acceptors (Lipinski definition) is 4. The summed E-state index contributed by atoms with van der Waals surface area (Å²) >= 11 is 0. The smallest absolute Gasteiger partial charge is 0.325 e. The Balaban J connectivity index is 2.03. The number of nitrogens with zero attached hydrogens (tertiary/aromatic N) is 2. The van der Waals surface area contributed by atoms with Crippen LogP contribution in [0.3, 0.4) is 0 Å². The SMILES string of the molecule is CCC1(CC)NC(=O)N(CC(=O)N2CCOCC2)C1=O. The number of carbonyl (C=O) groups excluding carboxylic acids is 3. The number of hydrogen-bond donors (Lipinski definition) is 1. The molecule has 0 aromatic rings. The van der Waals surface area contributed by atoms with Crippen LogP contribution >= 0.6 is 0 Å². The second-order valence-electron chi connectivity index (χ2n) is 5.10. The van der Waals surface area contributed by atoms with Gasteiger partial charge in [-0.2, -0.15) is 0 Å². The predicted molar refractivity (Wildman–Crippen MR) is 71.0 cm³/mol. The van der Waals surface area contributed by atoms with E-state index in [2.05, 4.69) is 5.32 Å². The van der Waals surface area contributed by atoms with Crippen molar-refractivity contribution < 1.29 is 19.1 Å². The number of nitrogens with one attached hydrogen (secondary N) is 1. The molecule has 2 aliphatic rings. The van der Waals surface area contributed by atoms with Gasteiger partial charge in [-0.15, -0.1) is 0 Å². The van der Waals surface area contributed by atoms with Crippen molar-refractivity contribution in [2.75, 3.05) is 32.8 Å². The summed E-state index contributed by atoms with van der Waals surface area (Å²) in [4.78, 5) is 39.1. The molecule has 0 unspecified atom stereocenters. The first-order valence-electron chi connectivity index (χ1n) is 7.03. The molecule has 0 spiro atoms. The summed E-state index contributed by atoms with van der Waals surface area (Å²) in [5, 5.41) is 2.72. The van der Waals surface area contributed by atoms with Gasteiger partial charge in [0, 0.05) is 13.1 Å². The molecule has 0 aromatic carbocycles. The third-order valence-corrected chi connectivity index (χ3v) is 4.11. The Hall–Kier alpha value is -1.63. The van der Waals surface area contributed by atoms with Crippen molar-refractivity contribution in [2.45, 2.75) is 32.2 Å². The molecule has 1 N–H and O–H groups in total. The number of ether oxygens (including phenoxy) is 1. The molecule has 112 valence electrons. The van der Waals surface area contributed by atoms with Gasteiger partial charge in [0.2, 0.25) is 5.91 Å². The Labute approximate surface area is 118 Å². The first-order valence-corrected chi connectivity index (χ1v) is 7.03. The van der Waals surface area contributed by atoms with E-state index >= 15 is 0 Å². The van der Waals surface area contributed by atoms with Gasteiger partial charge in [0.15, 0.2) is 0 Å². The minimum atomic E-state index is -0.845. The lowest BCUT2D eigenvalue weighted by molar-refractivity contribution is -0.141. The zero-order chi connectivity index (χ0) is 14.8. The molecule has 20 heavy (non-hydrogen) atoms. The first-order chi connectivity index (χ1) is 9.54. The minimum absolute atomic E-state index is 0.188. The molecule has 7 heteroatoms. The normalized spacial score (nSPS) is 22.1. The molecule has 0 radical (unpaired) electrons. The Bertz CT molecular complexity index is 414. The summed E-state index contributed by atoms with van der Waals surface area (Å²) < 4.78 is 5.18. The van der Waals surface area contributed by atoms with Crippen LogP contribution in [0.4, 0.5) is 4.79 Å². The van der Waals surface area contributed by atoms with E-state index in [0.717, 1.165) is 4.90 Å². The maximum absolute atomic E-state index is 12.4. The maximum Gasteiger partial charge on any atom is 0.325 e. The van der Waals surface area contributed by atoms with E-state index in [1.165, 1.54) is 0 Å². The van der Waals surface area contributed by atoms with Crippen LogP contribution in [0.2, 0.25) is 0 Å². The van der Waals surface area contributed by atoms with Crippen molar-refractivity contribution in [1.29, 1.82) is 0 Å². The predicted octanol–water partition coefficient (Wildman–Crippen LogP) is -0.0442. The molecule has 0 aromatic heterocycles. The second kappa shape index (κ2) is 5.78. The number of morpholine rings is 1. The molecule has 0 atom stereocenters. The number of amides is 4. The van der Waals surface area contributed by atoms with Crippen LogP contribution in [0, 0.1) is 0 Å². The van der Waals surface area contributed by atoms with Gasteiger partial charge in [-0.1, -0.05) is 13.8 Å². The zero-order valence-electron chi connectivity index (χ0n) is 12.0. The Morgan fingerprint density at radius 3 is 2.35 bits per heavy atom. The van der Waals surface area contributed by atoms with E-state index in [1.54, 1.807) is 4.90 Å². The summed E-state index contributed by atoms with van der Waals surface area (Å²) in [5.74, 6) is -0.506. The quantitative estimate of drug-likeness (QED) is 0.734. The lowest BCUT2D eigenvalue weighted by atomic mass is 9.93. The van der Waals surface area contributed by atoms with Crippen molar-refractivity contribution in [1.82, 2.24) is 15.1 Å². The fourth-order valence-corrected chi connectivity index (χ4v) is 2.60. The van der Waals surface area contributed by atoms with Gasteiger partial charge in [0.25, 0.3) is 5.91 Å². The van der Waals surface area contributed by atoms with E-state index in [4.69, 9.17) is 4.74 Å². The average Bonchev–Trinajstić information content (AvgIpc) is 2.72. The van der Waals surface area contributed by atoms with Crippen molar-refractivity contribution in [3.05, 3.63) is 0 Å². The Kier molecular flexibility index (Phi) is 4.27. The largest absolute Gasteiger partial charge is 0.378 e. The lowest BCUT2D eigenvalue weighted by Gasteiger charge is -2.28. The highest BCUT2D eigenvalue weighted by Crippen LogP contribution is 2.24. The van der Waals surface area contributed by atoms with Crippen molar-refractivity contribution in [2.24, 2.45) is 0 Å². The fraction of sp³-hybridized carbons (Fsp3) is 0.769. The molecule has 0 aliphatic carbocycles. The highest BCUT2D eigenvalue weighted by Gasteiger charge is 2.49. The molecule has 4 amide bonds. The summed E-state index contributed by atoms with van der Waals surface area (Å²) in [6.45, 7) is 5.54. The topological polar surface area (TPSA) is 79.0 Å². The van der Waals surface area contributed by atoms with Crippen molar-refractivity contribution in [3.8, 4) is 0 Å². The minimum Gasteiger partial charge on any atom is -0.378 e. The van der Waals surface area contributed by atoms with E-state index in [0.29, 0.717) is 39.1 Å². The molecule has 2 saturated heterocycles. The van der Waals surface area contributed by atoms with Gasteiger partial charge in [-0.3, -0.25) is 14.5 Å². The highest BCUT2D eigenvalue weighted by atomic mass is 16.5. The highest BCUT2D eigenvalue weighted by molar-refractivity contribution is 6.08. The van der Waals surface area contributed by atoms with Crippen LogP contribution in [-0.4, -0.2) is 66.0 Å². The average molecular weight is 283 g/mol. The van der Waals surface area contributed by atoms with Gasteiger partial charge in [-0.05, 0) is 12.8 Å². The first kappa shape index (κ1) is 14.8. The van der Waals surface area contributed by atoms with Gasteiger partial charge in [0.1, 0.15) is 12.1 Å².